The smallest absolute Gasteiger partial charge is 0.254 e. The van der Waals surface area contributed by atoms with Crippen LogP contribution in [0.1, 0.15) is 11.8 Å². The van der Waals surface area contributed by atoms with Gasteiger partial charge in [-0.05, 0) is 19.1 Å². The predicted octanol–water partition coefficient (Wildman–Crippen LogP) is -1.17. The fraction of sp³-hybridized carbons (Fsp3) is 0.600. The minimum Gasteiger partial charge on any atom is -0.394 e. The van der Waals surface area contributed by atoms with Gasteiger partial charge in [0.25, 0.3) is 5.56 Å². The summed E-state index contributed by atoms with van der Waals surface area (Å²) in [6, 6.07) is 0. The fourth-order valence-corrected chi connectivity index (χ4v) is 2.13. The fourth-order valence-electron chi connectivity index (χ4n) is 1.88. The maximum absolute atomic E-state index is 11.3. The average Bonchev–Trinajstić information content (AvgIpc) is 2.61. The number of nitrogens with zero attached hydrogens (tertiary/aromatic N) is 1. The van der Waals surface area contributed by atoms with Gasteiger partial charge in [0.05, 0.1) is 6.61 Å². The molecule has 100 valence electrons. The lowest BCUT2D eigenvalue weighted by Crippen LogP contribution is -2.33. The van der Waals surface area contributed by atoms with Crippen LogP contribution in [-0.2, 0) is 4.74 Å². The second kappa shape index (κ2) is 4.90. The first kappa shape index (κ1) is 13.4. The molecule has 0 radical (unpaired) electrons. The number of hydrogen-bond acceptors (Lipinski definition) is 6. The van der Waals surface area contributed by atoms with Crippen LogP contribution in [0.5, 0.6) is 0 Å². The second-order valence-electron chi connectivity index (χ2n) is 4.21. The molecule has 4 atom stereocenters. The molecule has 2 heterocycles. The van der Waals surface area contributed by atoms with Gasteiger partial charge in [0.2, 0.25) is 0 Å². The van der Waals surface area contributed by atoms with Gasteiger partial charge in [0.1, 0.15) is 18.3 Å². The first-order valence-electron chi connectivity index (χ1n) is 5.40. The van der Waals surface area contributed by atoms with E-state index in [1.165, 1.54) is 10.8 Å². The lowest BCUT2D eigenvalue weighted by atomic mass is 10.1. The van der Waals surface area contributed by atoms with Gasteiger partial charge in [0, 0.05) is 11.8 Å². The molecule has 0 saturated carbocycles. The number of aromatic nitrogens is 2. The molecule has 1 fully saturated rings. The highest BCUT2D eigenvalue weighted by molar-refractivity contribution is 7.71. The molecule has 18 heavy (non-hydrogen) atoms. The maximum atomic E-state index is 11.3. The zero-order chi connectivity index (χ0) is 13.4. The Morgan fingerprint density at radius 1 is 1.50 bits per heavy atom. The van der Waals surface area contributed by atoms with Crippen LogP contribution in [0, 0.1) is 11.7 Å². The van der Waals surface area contributed by atoms with E-state index in [0.29, 0.717) is 5.56 Å². The molecule has 8 heteroatoms. The summed E-state index contributed by atoms with van der Waals surface area (Å²) in [5, 5.41) is 28.5. The summed E-state index contributed by atoms with van der Waals surface area (Å²) < 4.78 is 6.76. The second-order valence-corrected chi connectivity index (χ2v) is 4.59. The van der Waals surface area contributed by atoms with E-state index in [9.17, 15) is 15.0 Å². The van der Waals surface area contributed by atoms with E-state index in [2.05, 4.69) is 4.98 Å². The van der Waals surface area contributed by atoms with Gasteiger partial charge in [-0.25, -0.2) is 0 Å². The molecule has 1 aliphatic rings. The van der Waals surface area contributed by atoms with Crippen LogP contribution >= 0.6 is 12.2 Å². The van der Waals surface area contributed by atoms with Crippen molar-refractivity contribution in [1.29, 1.82) is 0 Å². The highest BCUT2D eigenvalue weighted by atomic mass is 32.1. The Bertz CT molecular complexity index is 554. The third-order valence-corrected chi connectivity index (χ3v) is 3.25. The van der Waals surface area contributed by atoms with Crippen molar-refractivity contribution in [3.8, 4) is 0 Å². The highest BCUT2D eigenvalue weighted by Crippen LogP contribution is 2.29. The van der Waals surface area contributed by atoms with Crippen molar-refractivity contribution < 1.29 is 20.1 Å². The van der Waals surface area contributed by atoms with Gasteiger partial charge in [-0.3, -0.25) is 14.3 Å². The number of ether oxygens (including phenoxy) is 1. The van der Waals surface area contributed by atoms with Crippen LogP contribution in [0.3, 0.4) is 0 Å². The van der Waals surface area contributed by atoms with E-state index >= 15 is 0 Å². The minimum absolute atomic E-state index is 0.0837. The monoisotopic (exact) mass is 274 g/mol. The summed E-state index contributed by atoms with van der Waals surface area (Å²) in [6.07, 6.45) is -2.78. The van der Waals surface area contributed by atoms with Crippen LogP contribution in [0.4, 0.5) is 0 Å². The van der Waals surface area contributed by atoms with Gasteiger partial charge in [0.15, 0.2) is 11.0 Å². The van der Waals surface area contributed by atoms with E-state index in [1.54, 1.807) is 6.92 Å². The SMILES string of the molecule is Cc1cn([C@H]2O[C@H](CO)[C@@H](O)[C@@H]2O)c(=S)[nH]c1=O. The summed E-state index contributed by atoms with van der Waals surface area (Å²) in [5.41, 5.74) is 0.0873. The molecule has 0 aromatic carbocycles. The normalized spacial score (nSPS) is 31.8. The maximum Gasteiger partial charge on any atom is 0.254 e. The van der Waals surface area contributed by atoms with E-state index in [-0.39, 0.29) is 10.3 Å². The zero-order valence-electron chi connectivity index (χ0n) is 9.61. The van der Waals surface area contributed by atoms with E-state index < -0.39 is 31.1 Å². The van der Waals surface area contributed by atoms with Crippen molar-refractivity contribution in [2.75, 3.05) is 6.61 Å². The lowest BCUT2D eigenvalue weighted by molar-refractivity contribution is -0.0542. The van der Waals surface area contributed by atoms with Gasteiger partial charge in [-0.15, -0.1) is 0 Å². The molecule has 0 spiro atoms. The Labute approximate surface area is 107 Å². The first-order chi connectivity index (χ1) is 8.45. The van der Waals surface area contributed by atoms with E-state index in [0.717, 1.165) is 0 Å². The van der Waals surface area contributed by atoms with Crippen LogP contribution in [0.15, 0.2) is 11.0 Å². The molecule has 7 nitrogen and oxygen atoms in total. The van der Waals surface area contributed by atoms with Crippen molar-refractivity contribution in [1.82, 2.24) is 9.55 Å². The molecular weight excluding hydrogens is 260 g/mol. The standard InChI is InChI=1S/C10H14N2O5S/c1-4-2-12(10(18)11-8(4)16)9-7(15)6(14)5(3-13)17-9/h2,5-7,9,13-15H,3H2,1H3,(H,11,16,18)/t5-,6-,7+,9+/m1/s1. The molecule has 0 amide bonds. The van der Waals surface area contributed by atoms with Gasteiger partial charge >= 0.3 is 0 Å². The Hall–Kier alpha value is -1.06. The van der Waals surface area contributed by atoms with Crippen molar-refractivity contribution in [2.24, 2.45) is 0 Å². The van der Waals surface area contributed by atoms with Gasteiger partial charge in [-0.1, -0.05) is 0 Å². The molecule has 4 N–H and O–H groups in total. The Balaban J connectivity index is 2.42. The van der Waals surface area contributed by atoms with E-state index in [1.807, 2.05) is 0 Å². The number of aromatic amines is 1. The number of nitrogens with one attached hydrogen (secondary N) is 1. The summed E-state index contributed by atoms with van der Waals surface area (Å²) in [5.74, 6) is 0. The van der Waals surface area contributed by atoms with Crippen LogP contribution in [0.25, 0.3) is 0 Å². The van der Waals surface area contributed by atoms with Crippen molar-refractivity contribution in [2.45, 2.75) is 31.5 Å². The van der Waals surface area contributed by atoms with Gasteiger partial charge < -0.3 is 20.1 Å². The summed E-state index contributed by atoms with van der Waals surface area (Å²) >= 11 is 4.97. The van der Waals surface area contributed by atoms with Crippen molar-refractivity contribution in [3.63, 3.8) is 0 Å². The number of rotatable bonds is 2. The zero-order valence-corrected chi connectivity index (χ0v) is 10.4. The minimum atomic E-state index is -1.22. The number of aliphatic hydroxyl groups is 3. The summed E-state index contributed by atoms with van der Waals surface area (Å²) in [4.78, 5) is 13.8. The third kappa shape index (κ3) is 2.13. The largest absolute Gasteiger partial charge is 0.394 e. The number of aliphatic hydroxyl groups excluding tert-OH is 3. The van der Waals surface area contributed by atoms with Crippen LogP contribution in [0.2, 0.25) is 0 Å². The average molecular weight is 274 g/mol. The Kier molecular flexibility index (Phi) is 3.64. The topological polar surface area (TPSA) is 108 Å². The highest BCUT2D eigenvalue weighted by Gasteiger charge is 2.43. The van der Waals surface area contributed by atoms with Crippen molar-refractivity contribution >= 4 is 12.2 Å². The summed E-state index contributed by atoms with van der Waals surface area (Å²) in [7, 11) is 0. The van der Waals surface area contributed by atoms with Crippen LogP contribution < -0.4 is 5.56 Å². The molecule has 0 aliphatic carbocycles. The molecule has 1 aromatic heterocycles. The van der Waals surface area contributed by atoms with Crippen molar-refractivity contribution in [3.05, 3.63) is 26.9 Å². The number of hydrogen-bond donors (Lipinski definition) is 4. The summed E-state index contributed by atoms with van der Waals surface area (Å²) in [6.45, 7) is 1.18. The molecule has 1 saturated heterocycles. The lowest BCUT2D eigenvalue weighted by Gasteiger charge is -2.18. The van der Waals surface area contributed by atoms with Crippen LogP contribution in [-0.4, -0.2) is 49.8 Å². The Morgan fingerprint density at radius 2 is 2.17 bits per heavy atom. The third-order valence-electron chi connectivity index (χ3n) is 2.94. The molecule has 1 aromatic rings. The first-order valence-corrected chi connectivity index (χ1v) is 5.81. The molecule has 0 unspecified atom stereocenters. The molecular formula is C10H14N2O5S. The molecule has 1 aliphatic heterocycles. The number of aryl methyl sites for hydroxylation is 1. The Morgan fingerprint density at radius 3 is 2.72 bits per heavy atom. The van der Waals surface area contributed by atoms with E-state index in [4.69, 9.17) is 22.1 Å². The molecule has 0 bridgehead atoms. The van der Waals surface area contributed by atoms with Gasteiger partial charge in [-0.2, -0.15) is 0 Å². The molecule has 2 rings (SSSR count). The quantitative estimate of drug-likeness (QED) is 0.506. The predicted molar refractivity (Wildman–Crippen MR) is 63.6 cm³/mol. The number of H-pyrrole nitrogens is 1.